The van der Waals surface area contributed by atoms with E-state index >= 15 is 0 Å². The number of anilines is 2. The molecule has 1 atom stereocenters. The fraction of sp³-hybridized carbons (Fsp3) is 0.0645. The molecule has 6 rings (SSSR count). The Balaban J connectivity index is 1.53. The molecule has 2 aliphatic heterocycles. The molecule has 5 amide bonds. The number of hydrogen-bond acceptors (Lipinski definition) is 5. The second kappa shape index (κ2) is 10.3. The number of amides is 5. The molecule has 4 aromatic rings. The van der Waals surface area contributed by atoms with Crippen molar-refractivity contribution in [1.82, 2.24) is 4.90 Å². The van der Waals surface area contributed by atoms with Crippen molar-refractivity contribution >= 4 is 64.1 Å². The zero-order valence-electron chi connectivity index (χ0n) is 21.2. The molecule has 10 heteroatoms. The molecule has 0 spiro atoms. The molecule has 0 aliphatic carbocycles. The van der Waals surface area contributed by atoms with E-state index < -0.39 is 42.1 Å². The minimum absolute atomic E-state index is 0.0427. The van der Waals surface area contributed by atoms with E-state index in [4.69, 9.17) is 23.2 Å². The summed E-state index contributed by atoms with van der Waals surface area (Å²) in [6.07, 6.45) is 0. The number of fused-ring (bicyclic) bond motifs is 2. The number of nitrogens with zero attached hydrogens (tertiary/aromatic N) is 3. The van der Waals surface area contributed by atoms with Gasteiger partial charge in [0.2, 0.25) is 0 Å². The number of rotatable bonds is 4. The third-order valence-electron chi connectivity index (χ3n) is 7.03. The third-order valence-corrected chi connectivity index (χ3v) is 7.75. The summed E-state index contributed by atoms with van der Waals surface area (Å²) in [5.41, 5.74) is 0.996. The highest BCUT2D eigenvalue weighted by Gasteiger charge is 2.48. The Morgan fingerprint density at radius 2 is 1.10 bits per heavy atom. The maximum atomic E-state index is 14.3. The first-order valence-corrected chi connectivity index (χ1v) is 13.3. The predicted octanol–water partition coefficient (Wildman–Crippen LogP) is 5.49. The number of hydrogen-bond donors (Lipinski definition) is 0. The first-order valence-electron chi connectivity index (χ1n) is 12.5. The van der Waals surface area contributed by atoms with Crippen molar-refractivity contribution in [1.29, 1.82) is 0 Å². The summed E-state index contributed by atoms with van der Waals surface area (Å²) in [6.45, 7) is -0.498. The molecule has 0 N–H and O–H groups in total. The van der Waals surface area contributed by atoms with Crippen LogP contribution in [-0.4, -0.2) is 47.0 Å². The number of carbonyl (C=O) groups excluding carboxylic acids is 5. The number of benzene rings is 4. The van der Waals surface area contributed by atoms with Crippen LogP contribution in [0.15, 0.2) is 97.1 Å². The number of carbonyl (C=O) groups is 5. The van der Waals surface area contributed by atoms with Crippen LogP contribution in [0.25, 0.3) is 0 Å². The average Bonchev–Trinajstić information content (AvgIpc) is 3.24. The van der Waals surface area contributed by atoms with E-state index in [9.17, 15) is 24.0 Å². The van der Waals surface area contributed by atoms with Crippen molar-refractivity contribution in [2.45, 2.75) is 6.04 Å². The Morgan fingerprint density at radius 3 is 1.63 bits per heavy atom. The third kappa shape index (κ3) is 4.38. The molecule has 0 unspecified atom stereocenters. The Bertz CT molecular complexity index is 1730. The van der Waals surface area contributed by atoms with Gasteiger partial charge in [0.05, 0.1) is 39.1 Å². The van der Waals surface area contributed by atoms with Crippen molar-refractivity contribution in [3.8, 4) is 0 Å². The summed E-state index contributed by atoms with van der Waals surface area (Å²) >= 11 is 12.7. The molecule has 2 aliphatic rings. The minimum Gasteiger partial charge on any atom is -0.292 e. The fourth-order valence-corrected chi connectivity index (χ4v) is 5.39. The first kappa shape index (κ1) is 26.4. The second-order valence-corrected chi connectivity index (χ2v) is 10.2. The van der Waals surface area contributed by atoms with Crippen LogP contribution < -0.4 is 9.80 Å². The topological polar surface area (TPSA) is 95.1 Å². The highest BCUT2D eigenvalue weighted by atomic mass is 35.5. The summed E-state index contributed by atoms with van der Waals surface area (Å²) in [5.74, 6) is -3.29. The summed E-state index contributed by atoms with van der Waals surface area (Å²) in [7, 11) is 0. The average molecular weight is 584 g/mol. The maximum Gasteiger partial charge on any atom is 0.265 e. The van der Waals surface area contributed by atoms with E-state index in [2.05, 4.69) is 0 Å². The molecular weight excluding hydrogens is 565 g/mol. The quantitative estimate of drug-likeness (QED) is 0.296. The molecular formula is C31H19Cl2N3O5. The van der Waals surface area contributed by atoms with Gasteiger partial charge in [0, 0.05) is 11.1 Å². The smallest absolute Gasteiger partial charge is 0.265 e. The van der Waals surface area contributed by atoms with E-state index in [0.717, 1.165) is 9.80 Å². The lowest BCUT2D eigenvalue weighted by atomic mass is 10.0. The van der Waals surface area contributed by atoms with Gasteiger partial charge in [-0.25, -0.2) is 4.90 Å². The van der Waals surface area contributed by atoms with Crippen molar-refractivity contribution in [3.05, 3.63) is 129 Å². The number of halogens is 2. The van der Waals surface area contributed by atoms with Crippen LogP contribution in [0.1, 0.15) is 41.4 Å². The van der Waals surface area contributed by atoms with Crippen molar-refractivity contribution in [2.75, 3.05) is 16.3 Å². The zero-order chi connectivity index (χ0) is 28.8. The van der Waals surface area contributed by atoms with Crippen molar-refractivity contribution in [2.24, 2.45) is 0 Å². The lowest BCUT2D eigenvalue weighted by Crippen LogP contribution is -2.61. The van der Waals surface area contributed by atoms with Gasteiger partial charge in [0.25, 0.3) is 29.5 Å². The summed E-state index contributed by atoms with van der Waals surface area (Å²) in [4.78, 5) is 71.7. The molecule has 0 saturated heterocycles. The van der Waals surface area contributed by atoms with Crippen LogP contribution >= 0.6 is 23.2 Å². The van der Waals surface area contributed by atoms with Gasteiger partial charge in [-0.3, -0.25) is 33.8 Å². The maximum absolute atomic E-state index is 14.3. The van der Waals surface area contributed by atoms with Crippen molar-refractivity contribution < 1.29 is 24.0 Å². The van der Waals surface area contributed by atoms with Gasteiger partial charge in [-0.1, -0.05) is 71.7 Å². The van der Waals surface area contributed by atoms with Crippen LogP contribution in [0.4, 0.5) is 11.4 Å². The molecule has 4 aromatic carbocycles. The highest BCUT2D eigenvalue weighted by molar-refractivity contribution is 6.43. The van der Waals surface area contributed by atoms with Gasteiger partial charge in [0.1, 0.15) is 6.04 Å². The largest absolute Gasteiger partial charge is 0.292 e. The predicted molar refractivity (Wildman–Crippen MR) is 154 cm³/mol. The molecule has 8 nitrogen and oxygen atoms in total. The summed E-state index contributed by atoms with van der Waals surface area (Å²) in [6, 6.07) is 23.9. The van der Waals surface area contributed by atoms with Gasteiger partial charge in [-0.2, -0.15) is 0 Å². The van der Waals surface area contributed by atoms with Crippen LogP contribution in [0.5, 0.6) is 0 Å². The Kier molecular flexibility index (Phi) is 6.65. The van der Waals surface area contributed by atoms with Crippen LogP contribution in [0.3, 0.4) is 0 Å². The molecule has 0 saturated carbocycles. The lowest BCUT2D eigenvalue weighted by molar-refractivity contribution is -0.119. The molecule has 0 bridgehead atoms. The zero-order valence-corrected chi connectivity index (χ0v) is 22.7. The number of imide groups is 2. The Labute approximate surface area is 244 Å². The lowest BCUT2D eigenvalue weighted by Gasteiger charge is -2.42. The fourth-order valence-electron chi connectivity index (χ4n) is 5.07. The molecule has 2 heterocycles. The normalized spacial score (nSPS) is 16.1. The monoisotopic (exact) mass is 583 g/mol. The van der Waals surface area contributed by atoms with Gasteiger partial charge >= 0.3 is 0 Å². The minimum atomic E-state index is -1.46. The molecule has 41 heavy (non-hydrogen) atoms. The van der Waals surface area contributed by atoms with E-state index in [-0.39, 0.29) is 43.7 Å². The van der Waals surface area contributed by atoms with Crippen LogP contribution in [0.2, 0.25) is 10.0 Å². The standard InChI is InChI=1S/C31H19Cl2N3O5/c32-22-15-24-25(16-23(22)33)36(28(38)19-11-5-2-6-12-19)31(41)26(35(24)27(37)18-9-3-1-4-10-18)17-34-29(39)20-13-7-8-14-21(20)30(34)40/h1-16,26H,17H2/t26-/m1/s1. The van der Waals surface area contributed by atoms with E-state index in [1.54, 1.807) is 72.8 Å². The first-order chi connectivity index (χ1) is 19.8. The van der Waals surface area contributed by atoms with Crippen LogP contribution in [0, 0.1) is 0 Å². The summed E-state index contributed by atoms with van der Waals surface area (Å²) < 4.78 is 0. The van der Waals surface area contributed by atoms with Gasteiger partial charge in [-0.05, 0) is 48.5 Å². The second-order valence-electron chi connectivity index (χ2n) is 9.42. The van der Waals surface area contributed by atoms with E-state index in [1.807, 2.05) is 0 Å². The highest BCUT2D eigenvalue weighted by Crippen LogP contribution is 2.43. The summed E-state index contributed by atoms with van der Waals surface area (Å²) in [5, 5.41) is 0.146. The SMILES string of the molecule is O=C1c2ccccc2C(=O)N1C[C@@H]1C(=O)N(C(=O)c2ccccc2)c2cc(Cl)c(Cl)cc2N1C(=O)c1ccccc1. The van der Waals surface area contributed by atoms with Gasteiger partial charge in [0.15, 0.2) is 0 Å². The van der Waals surface area contributed by atoms with Gasteiger partial charge < -0.3 is 0 Å². The Hall–Kier alpha value is -4.79. The molecule has 0 radical (unpaired) electrons. The Morgan fingerprint density at radius 1 is 0.634 bits per heavy atom. The molecule has 0 aromatic heterocycles. The van der Waals surface area contributed by atoms with Crippen molar-refractivity contribution in [3.63, 3.8) is 0 Å². The molecule has 202 valence electrons. The van der Waals surface area contributed by atoms with E-state index in [0.29, 0.717) is 0 Å². The van der Waals surface area contributed by atoms with E-state index in [1.165, 1.54) is 29.2 Å². The van der Waals surface area contributed by atoms with Gasteiger partial charge in [-0.15, -0.1) is 0 Å². The van der Waals surface area contributed by atoms with Crippen LogP contribution in [-0.2, 0) is 4.79 Å². The molecule has 0 fully saturated rings.